The van der Waals surface area contributed by atoms with Gasteiger partial charge < -0.3 is 0 Å². The van der Waals surface area contributed by atoms with E-state index in [2.05, 4.69) is 14.9 Å². The molecule has 0 bridgehead atoms. The molecule has 1 heterocycles. The van der Waals surface area contributed by atoms with Gasteiger partial charge in [-0.05, 0) is 23.8 Å². The second-order valence-corrected chi connectivity index (χ2v) is 8.54. The number of nitrogens with zero attached hydrogens (tertiary/aromatic N) is 1. The van der Waals surface area contributed by atoms with Crippen LogP contribution in [0.3, 0.4) is 0 Å². The van der Waals surface area contributed by atoms with Gasteiger partial charge in [-0.3, -0.25) is 9.82 Å². The highest BCUT2D eigenvalue weighted by atomic mass is 32.3. The van der Waals surface area contributed by atoms with Crippen LogP contribution in [-0.4, -0.2) is 38.4 Å². The van der Waals surface area contributed by atoms with Gasteiger partial charge in [0.1, 0.15) is 0 Å². The predicted molar refractivity (Wildman–Crippen MR) is 76.3 cm³/mol. The number of benzene rings is 1. The molecule has 0 atom stereocenters. The lowest BCUT2D eigenvalue weighted by Crippen LogP contribution is -2.22. The van der Waals surface area contributed by atoms with Crippen LogP contribution in [0.2, 0.25) is 0 Å². The molecule has 2 N–H and O–H groups in total. The molecule has 0 fully saturated rings. The van der Waals surface area contributed by atoms with E-state index in [4.69, 9.17) is 0 Å². The Morgan fingerprint density at radius 3 is 2.25 bits per heavy atom. The van der Waals surface area contributed by atoms with Gasteiger partial charge >= 0.3 is 0 Å². The summed E-state index contributed by atoms with van der Waals surface area (Å²) in [7, 11) is -7.53. The lowest BCUT2D eigenvalue weighted by atomic mass is 10.1. The summed E-state index contributed by atoms with van der Waals surface area (Å²) < 4.78 is 47.5. The van der Waals surface area contributed by atoms with E-state index in [1.807, 2.05) is 0 Å². The number of nitrogens with one attached hydrogen (secondary N) is 2. The van der Waals surface area contributed by atoms with Crippen LogP contribution in [0.4, 0.5) is 5.69 Å². The lowest BCUT2D eigenvalue weighted by molar-refractivity contribution is 0.595. The topological polar surface area (TPSA) is 109 Å². The van der Waals surface area contributed by atoms with Crippen molar-refractivity contribution < 1.29 is 16.8 Å². The van der Waals surface area contributed by atoms with Gasteiger partial charge in [0.05, 0.1) is 5.69 Å². The maximum Gasteiger partial charge on any atom is 0.247 e. The molecule has 1 aromatic carbocycles. The van der Waals surface area contributed by atoms with Gasteiger partial charge in [-0.2, -0.15) is 5.10 Å². The predicted octanol–water partition coefficient (Wildman–Crippen LogP) is 0.820. The van der Waals surface area contributed by atoms with Crippen molar-refractivity contribution in [2.75, 3.05) is 16.1 Å². The van der Waals surface area contributed by atoms with Gasteiger partial charge in [0.2, 0.25) is 10.0 Å². The third-order valence-corrected chi connectivity index (χ3v) is 5.84. The van der Waals surface area contributed by atoms with Crippen molar-refractivity contribution in [1.29, 1.82) is 0 Å². The maximum atomic E-state index is 11.6. The van der Waals surface area contributed by atoms with E-state index in [0.717, 1.165) is 17.5 Å². The van der Waals surface area contributed by atoms with Crippen LogP contribution in [0.15, 0.2) is 36.5 Å². The zero-order valence-corrected chi connectivity index (χ0v) is 12.2. The Kier molecular flexibility index (Phi) is 3.82. The van der Waals surface area contributed by atoms with Gasteiger partial charge in [0, 0.05) is 18.1 Å². The Hall–Kier alpha value is -1.87. The van der Waals surface area contributed by atoms with E-state index in [1.54, 1.807) is 36.5 Å². The minimum Gasteiger partial charge on any atom is -0.283 e. The third kappa shape index (κ3) is 4.07. The quantitative estimate of drug-likeness (QED) is 0.849. The first-order valence-electron chi connectivity index (χ1n) is 5.53. The molecule has 0 saturated heterocycles. The number of sulfone groups is 1. The van der Waals surface area contributed by atoms with Crippen molar-refractivity contribution in [3.8, 4) is 11.3 Å². The monoisotopic (exact) mass is 315 g/mol. The van der Waals surface area contributed by atoms with Crippen molar-refractivity contribution in [3.05, 3.63) is 36.5 Å². The molecule has 0 unspecified atom stereocenters. The van der Waals surface area contributed by atoms with Crippen LogP contribution >= 0.6 is 0 Å². The smallest absolute Gasteiger partial charge is 0.247 e. The van der Waals surface area contributed by atoms with Gasteiger partial charge in [0.15, 0.2) is 14.9 Å². The highest BCUT2D eigenvalue weighted by Gasteiger charge is 2.17. The first kappa shape index (κ1) is 14.5. The minimum absolute atomic E-state index is 0.303. The summed E-state index contributed by atoms with van der Waals surface area (Å²) in [5.41, 5.74) is 1.95. The van der Waals surface area contributed by atoms with Gasteiger partial charge in [-0.15, -0.1) is 0 Å². The molecule has 0 spiro atoms. The highest BCUT2D eigenvalue weighted by molar-refractivity contribution is 8.08. The van der Waals surface area contributed by atoms with Crippen molar-refractivity contribution >= 4 is 25.5 Å². The largest absolute Gasteiger partial charge is 0.283 e. The number of rotatable bonds is 5. The van der Waals surface area contributed by atoms with Crippen LogP contribution in [-0.2, 0) is 19.9 Å². The fraction of sp³-hybridized carbons (Fsp3) is 0.182. The molecule has 0 aliphatic heterocycles. The Labute approximate surface area is 117 Å². The van der Waals surface area contributed by atoms with Crippen molar-refractivity contribution in [3.63, 3.8) is 0 Å². The minimum atomic E-state index is -3.92. The van der Waals surface area contributed by atoms with Crippen LogP contribution in [0, 0.1) is 0 Å². The molecular weight excluding hydrogens is 302 g/mol. The normalized spacial score (nSPS) is 12.2. The zero-order valence-electron chi connectivity index (χ0n) is 10.6. The Morgan fingerprint density at radius 1 is 1.10 bits per heavy atom. The van der Waals surface area contributed by atoms with E-state index in [0.29, 0.717) is 5.69 Å². The molecule has 7 nitrogen and oxygen atoms in total. The molecule has 0 aliphatic carbocycles. The zero-order chi connectivity index (χ0) is 14.8. The van der Waals surface area contributed by atoms with E-state index >= 15 is 0 Å². The van der Waals surface area contributed by atoms with Gasteiger partial charge in [0.25, 0.3) is 0 Å². The number of H-pyrrole nitrogens is 1. The number of aromatic amines is 1. The highest BCUT2D eigenvalue weighted by Crippen LogP contribution is 2.19. The number of hydrogen-bond donors (Lipinski definition) is 2. The lowest BCUT2D eigenvalue weighted by Gasteiger charge is -2.07. The molecule has 2 aromatic rings. The van der Waals surface area contributed by atoms with Crippen LogP contribution in [0.5, 0.6) is 0 Å². The summed E-state index contributed by atoms with van der Waals surface area (Å²) in [6.45, 7) is 0. The average molecular weight is 315 g/mol. The molecule has 9 heteroatoms. The fourth-order valence-electron chi connectivity index (χ4n) is 1.63. The van der Waals surface area contributed by atoms with Crippen molar-refractivity contribution in [2.45, 2.75) is 0 Å². The number of anilines is 1. The molecule has 0 aliphatic rings. The van der Waals surface area contributed by atoms with Crippen LogP contribution in [0.25, 0.3) is 11.3 Å². The summed E-state index contributed by atoms with van der Waals surface area (Å²) in [4.78, 5) is 0. The van der Waals surface area contributed by atoms with Gasteiger partial charge in [-0.1, -0.05) is 12.1 Å². The molecule has 2 rings (SSSR count). The van der Waals surface area contributed by atoms with Crippen molar-refractivity contribution in [2.24, 2.45) is 0 Å². The fourth-order valence-corrected chi connectivity index (χ4v) is 4.61. The summed E-state index contributed by atoms with van der Waals surface area (Å²) in [6.07, 6.45) is 2.48. The Bertz CT molecular complexity index is 779. The molecule has 0 radical (unpaired) electrons. The van der Waals surface area contributed by atoms with Gasteiger partial charge in [-0.25, -0.2) is 16.8 Å². The Morgan fingerprint density at radius 2 is 1.75 bits per heavy atom. The SMILES string of the molecule is CS(=O)(=O)CS(=O)(=O)Nc1ccc(-c2ccn[nH]2)cc1. The standard InChI is InChI=1S/C11H13N3O4S2/c1-19(15,16)8-20(17,18)14-10-4-2-9(3-5-10)11-6-7-12-13-11/h2-7,14H,8H2,1H3,(H,12,13). The second-order valence-electron chi connectivity index (χ2n) is 4.31. The molecule has 1 aromatic heterocycles. The van der Waals surface area contributed by atoms with Crippen LogP contribution in [0.1, 0.15) is 0 Å². The second kappa shape index (κ2) is 5.25. The average Bonchev–Trinajstić information content (AvgIpc) is 2.79. The third-order valence-electron chi connectivity index (χ3n) is 2.34. The number of hydrogen-bond acceptors (Lipinski definition) is 5. The van der Waals surface area contributed by atoms with Crippen LogP contribution < -0.4 is 4.72 Å². The maximum absolute atomic E-state index is 11.6. The summed E-state index contributed by atoms with van der Waals surface area (Å²) >= 11 is 0. The number of sulfonamides is 1. The molecule has 0 amide bonds. The first-order valence-corrected chi connectivity index (χ1v) is 9.24. The van der Waals surface area contributed by atoms with E-state index in [-0.39, 0.29) is 0 Å². The first-order chi connectivity index (χ1) is 9.25. The summed E-state index contributed by atoms with van der Waals surface area (Å²) in [5.74, 6) is 0. The Balaban J connectivity index is 2.16. The molecule has 108 valence electrons. The molecular formula is C11H13N3O4S2. The molecule has 0 saturated carbocycles. The number of aromatic nitrogens is 2. The van der Waals surface area contributed by atoms with Crippen molar-refractivity contribution in [1.82, 2.24) is 10.2 Å². The summed E-state index contributed by atoms with van der Waals surface area (Å²) in [5, 5.41) is 5.66. The van der Waals surface area contributed by atoms with E-state index in [9.17, 15) is 16.8 Å². The summed E-state index contributed by atoms with van der Waals surface area (Å²) in [6, 6.07) is 8.28. The molecule has 20 heavy (non-hydrogen) atoms. The van der Waals surface area contributed by atoms with E-state index < -0.39 is 24.9 Å². The van der Waals surface area contributed by atoms with E-state index in [1.165, 1.54) is 0 Å².